The second-order valence-electron chi connectivity index (χ2n) is 2.90. The number of aliphatic hydroxyl groups excluding tert-OH is 1. The van der Waals surface area contributed by atoms with Gasteiger partial charge >= 0.3 is 9.28 Å². The maximum absolute atomic E-state index is 7.56. The van der Waals surface area contributed by atoms with Crippen molar-refractivity contribution < 1.29 is 18.7 Å². The van der Waals surface area contributed by atoms with Gasteiger partial charge in [0.2, 0.25) is 0 Å². The Balaban J connectivity index is -0.000000200. The molecule has 0 fully saturated rings. The highest BCUT2D eigenvalue weighted by atomic mass is 32.1. The van der Waals surface area contributed by atoms with E-state index in [9.17, 15) is 0 Å². The van der Waals surface area contributed by atoms with Crippen molar-refractivity contribution in [3.05, 3.63) is 0 Å². The normalized spacial score (nSPS) is 8.50. The lowest BCUT2D eigenvalue weighted by Gasteiger charge is -2.00. The monoisotopic (exact) mass is 316 g/mol. The van der Waals surface area contributed by atoms with E-state index >= 15 is 0 Å². The van der Waals surface area contributed by atoms with E-state index in [1.165, 1.54) is 0 Å². The van der Waals surface area contributed by atoms with E-state index in [1.807, 2.05) is 6.55 Å². The number of unbranched alkanes of at least 4 members (excludes halogenated alkanes) is 1. The Morgan fingerprint density at radius 3 is 1.78 bits per heavy atom. The number of hydrogen-bond acceptors (Lipinski definition) is 5. The highest BCUT2D eigenvalue weighted by Crippen LogP contribution is 1.86. The summed E-state index contributed by atoms with van der Waals surface area (Å²) in [6, 6.07) is 0. The maximum atomic E-state index is 7.56. The van der Waals surface area contributed by atoms with Gasteiger partial charge in [-0.15, -0.1) is 0 Å². The molecule has 0 aliphatic rings. The van der Waals surface area contributed by atoms with Crippen molar-refractivity contribution in [3.63, 3.8) is 0 Å². The molecule has 0 rings (SSSR count). The van der Waals surface area contributed by atoms with Crippen LogP contribution in [0.25, 0.3) is 0 Å². The Morgan fingerprint density at radius 2 is 1.61 bits per heavy atom. The molecule has 110 valence electrons. The molecule has 0 aromatic carbocycles. The quantitative estimate of drug-likeness (QED) is 0.392. The first-order valence-corrected chi connectivity index (χ1v) is 8.19. The molecule has 0 radical (unpaired) electrons. The third kappa shape index (κ3) is 45.1. The second kappa shape index (κ2) is 18.9. The van der Waals surface area contributed by atoms with Crippen LogP contribution in [0.2, 0.25) is 6.55 Å². The van der Waals surface area contributed by atoms with Gasteiger partial charge in [0.15, 0.2) is 0 Å². The first-order valence-electron chi connectivity index (χ1n) is 5.27. The fraction of sp³-hybridized carbons (Fsp3) is 0.778. The minimum absolute atomic E-state index is 0.151. The molecule has 0 aliphatic heterocycles. The van der Waals surface area contributed by atoms with Crippen LogP contribution in [0.3, 0.4) is 0 Å². The maximum Gasteiger partial charge on any atom is 0.317 e. The van der Waals surface area contributed by atoms with Gasteiger partial charge in [0.1, 0.15) is 0 Å². The predicted octanol–water partition coefficient (Wildman–Crippen LogP) is 0.964. The summed E-state index contributed by atoms with van der Waals surface area (Å²) in [6.45, 7) is 4.72. The minimum Gasteiger partial charge on any atom is -0.487 e. The van der Waals surface area contributed by atoms with Crippen LogP contribution in [0, 0.1) is 0 Å². The smallest absolute Gasteiger partial charge is 0.317 e. The van der Waals surface area contributed by atoms with Gasteiger partial charge in [-0.1, -0.05) is 13.3 Å². The van der Waals surface area contributed by atoms with Crippen molar-refractivity contribution in [3.8, 4) is 0 Å². The molecule has 6 nitrogen and oxygen atoms in total. The number of ether oxygens (including phenoxy) is 1. The van der Waals surface area contributed by atoms with Crippen molar-refractivity contribution in [2.45, 2.75) is 26.3 Å². The summed E-state index contributed by atoms with van der Waals surface area (Å²) in [5.74, 6) is 0. The summed E-state index contributed by atoms with van der Waals surface area (Å²) >= 11 is 8.33. The van der Waals surface area contributed by atoms with Crippen molar-refractivity contribution in [1.29, 1.82) is 0 Å². The third-order valence-corrected chi connectivity index (χ3v) is 2.85. The number of aliphatic hydroxyl groups is 1. The van der Waals surface area contributed by atoms with E-state index in [1.54, 1.807) is 14.2 Å². The van der Waals surface area contributed by atoms with Crippen LogP contribution >= 0.6 is 24.4 Å². The average molecular weight is 317 g/mol. The van der Waals surface area contributed by atoms with Crippen LogP contribution in [0.5, 0.6) is 0 Å². The Bertz CT molecular complexity index is 203. The van der Waals surface area contributed by atoms with Crippen LogP contribution in [-0.2, 0) is 13.6 Å². The second-order valence-corrected chi connectivity index (χ2v) is 5.80. The molecular formula is C9H24N2O4S2Si. The Morgan fingerprint density at radius 1 is 1.22 bits per heavy atom. The molecule has 0 saturated heterocycles. The lowest BCUT2D eigenvalue weighted by atomic mass is 10.4. The van der Waals surface area contributed by atoms with E-state index in [-0.39, 0.29) is 5.17 Å². The molecule has 0 atom stereocenters. The Kier molecular flexibility index (Phi) is 23.8. The lowest BCUT2D eigenvalue weighted by Crippen LogP contribution is -2.12. The summed E-state index contributed by atoms with van der Waals surface area (Å²) in [5.41, 5.74) is 9.44. The van der Waals surface area contributed by atoms with Gasteiger partial charge in [0.25, 0.3) is 10.3 Å². The summed E-state index contributed by atoms with van der Waals surface area (Å²) in [7, 11) is 2.17. The summed E-state index contributed by atoms with van der Waals surface area (Å²) in [6.07, 6.45) is 2.14. The SMILES string of the molecule is CCCCOC(N)=S.CO[SiH](C)OC.NC(O)=S. The molecule has 9 heteroatoms. The Hall–Kier alpha value is -0.483. The number of thiocarbonyl (C=S) groups is 2. The molecular weight excluding hydrogens is 292 g/mol. The molecule has 0 aromatic rings. The van der Waals surface area contributed by atoms with Gasteiger partial charge in [0.05, 0.1) is 6.61 Å². The lowest BCUT2D eigenvalue weighted by molar-refractivity contribution is 0.285. The van der Waals surface area contributed by atoms with Gasteiger partial charge in [-0.25, -0.2) is 0 Å². The number of nitrogens with two attached hydrogens (primary N) is 2. The molecule has 0 aliphatic carbocycles. The van der Waals surface area contributed by atoms with Crippen LogP contribution in [0.4, 0.5) is 0 Å². The molecule has 0 bridgehead atoms. The van der Waals surface area contributed by atoms with Crippen molar-refractivity contribution in [2.24, 2.45) is 11.5 Å². The van der Waals surface area contributed by atoms with Crippen molar-refractivity contribution >= 4 is 44.1 Å². The van der Waals surface area contributed by atoms with Crippen LogP contribution in [0.1, 0.15) is 19.8 Å². The highest BCUT2D eigenvalue weighted by Gasteiger charge is 1.94. The summed E-state index contributed by atoms with van der Waals surface area (Å²) in [4.78, 5) is 0. The third-order valence-electron chi connectivity index (χ3n) is 1.41. The zero-order chi connectivity index (χ0) is 15.0. The molecule has 5 N–H and O–H groups in total. The Labute approximate surface area is 121 Å². The van der Waals surface area contributed by atoms with Crippen LogP contribution in [0.15, 0.2) is 0 Å². The van der Waals surface area contributed by atoms with Gasteiger partial charge in [-0.05, 0) is 37.4 Å². The van der Waals surface area contributed by atoms with Gasteiger partial charge < -0.3 is 30.2 Å². The minimum atomic E-state index is -1.16. The van der Waals surface area contributed by atoms with E-state index in [0.717, 1.165) is 12.8 Å². The van der Waals surface area contributed by atoms with Gasteiger partial charge in [-0.2, -0.15) is 0 Å². The molecule has 0 unspecified atom stereocenters. The van der Waals surface area contributed by atoms with Crippen molar-refractivity contribution in [2.75, 3.05) is 20.8 Å². The zero-order valence-corrected chi connectivity index (χ0v) is 14.1. The van der Waals surface area contributed by atoms with Crippen LogP contribution in [-0.4, -0.2) is 45.6 Å². The average Bonchev–Trinajstić information content (AvgIpc) is 2.28. The first-order chi connectivity index (χ1) is 8.31. The largest absolute Gasteiger partial charge is 0.487 e. The van der Waals surface area contributed by atoms with Crippen LogP contribution < -0.4 is 11.5 Å². The molecule has 0 saturated carbocycles. The summed E-state index contributed by atoms with van der Waals surface area (Å²) in [5, 5.41) is 7.22. The topological polar surface area (TPSA) is 100.0 Å². The van der Waals surface area contributed by atoms with Crippen molar-refractivity contribution in [1.82, 2.24) is 0 Å². The summed E-state index contributed by atoms with van der Waals surface area (Å²) < 4.78 is 14.4. The van der Waals surface area contributed by atoms with E-state index in [0.29, 0.717) is 6.61 Å². The van der Waals surface area contributed by atoms with Gasteiger partial charge in [0, 0.05) is 14.2 Å². The fourth-order valence-corrected chi connectivity index (χ4v) is 0.689. The molecule has 0 aromatic heterocycles. The molecule has 18 heavy (non-hydrogen) atoms. The molecule has 0 heterocycles. The van der Waals surface area contributed by atoms with Gasteiger partial charge in [-0.3, -0.25) is 0 Å². The fourth-order valence-electron chi connectivity index (χ4n) is 0.413. The van der Waals surface area contributed by atoms with E-state index < -0.39 is 14.5 Å². The highest BCUT2D eigenvalue weighted by molar-refractivity contribution is 7.80. The molecule has 0 spiro atoms. The molecule has 0 amide bonds. The van der Waals surface area contributed by atoms with E-state index in [4.69, 9.17) is 24.4 Å². The standard InChI is InChI=1S/C5H11NOS.C3H10O2Si.CH3NOS/c1-2-3-4-7-5(6)8;1-4-6(3)5-2;2-1(3)4/h2-4H2,1H3,(H2,6,8);6H,1-3H3;(H3,2,3,4). The number of hydrogen-bond donors (Lipinski definition) is 3. The predicted molar refractivity (Wildman–Crippen MR) is 84.1 cm³/mol. The van der Waals surface area contributed by atoms with E-state index in [2.05, 4.69) is 37.1 Å². The first kappa shape index (κ1) is 22.7. The zero-order valence-electron chi connectivity index (χ0n) is 11.3. The number of rotatable bonds is 5.